The van der Waals surface area contributed by atoms with E-state index in [1.165, 1.54) is 4.90 Å². The second-order valence-corrected chi connectivity index (χ2v) is 6.87. The Hall–Kier alpha value is -3.54. The van der Waals surface area contributed by atoms with E-state index in [1.807, 2.05) is 54.6 Å². The Labute approximate surface area is 161 Å². The minimum atomic E-state index is -0.270. The molecule has 2 amide bonds. The first-order valence-electron chi connectivity index (χ1n) is 9.19. The van der Waals surface area contributed by atoms with E-state index in [-0.39, 0.29) is 24.5 Å². The number of rotatable bonds is 4. The number of carbonyl (C=O) groups excluding carboxylic acids is 2. The van der Waals surface area contributed by atoms with Gasteiger partial charge in [0.1, 0.15) is 19.3 Å². The Morgan fingerprint density at radius 1 is 1.04 bits per heavy atom. The summed E-state index contributed by atoms with van der Waals surface area (Å²) in [5, 5.41) is 4.76. The molecule has 2 heterocycles. The van der Waals surface area contributed by atoms with Gasteiger partial charge in [-0.1, -0.05) is 36.4 Å². The molecular formula is C22H18N2O4. The molecule has 0 saturated carbocycles. The van der Waals surface area contributed by atoms with Crippen molar-refractivity contribution in [1.82, 2.24) is 5.32 Å². The average molecular weight is 374 g/mol. The van der Waals surface area contributed by atoms with E-state index in [0.29, 0.717) is 30.2 Å². The van der Waals surface area contributed by atoms with E-state index in [4.69, 9.17) is 9.47 Å². The molecule has 6 nitrogen and oxygen atoms in total. The number of nitrogens with one attached hydrogen (secondary N) is 1. The van der Waals surface area contributed by atoms with Crippen molar-refractivity contribution in [2.45, 2.75) is 6.10 Å². The molecule has 140 valence electrons. The lowest BCUT2D eigenvalue weighted by atomic mass is 10.1. The third kappa shape index (κ3) is 2.74. The molecule has 3 aromatic carbocycles. The molecule has 2 aliphatic rings. The van der Waals surface area contributed by atoms with Gasteiger partial charge in [-0.25, -0.2) is 0 Å². The summed E-state index contributed by atoms with van der Waals surface area (Å²) in [4.78, 5) is 26.8. The minimum Gasteiger partial charge on any atom is -0.486 e. The van der Waals surface area contributed by atoms with Crippen LogP contribution < -0.4 is 19.7 Å². The van der Waals surface area contributed by atoms with Crippen molar-refractivity contribution >= 4 is 28.3 Å². The van der Waals surface area contributed by atoms with E-state index < -0.39 is 0 Å². The number of ether oxygens (including phenoxy) is 2. The highest BCUT2D eigenvalue weighted by atomic mass is 16.6. The quantitative estimate of drug-likeness (QED) is 0.763. The van der Waals surface area contributed by atoms with Crippen molar-refractivity contribution in [3.05, 3.63) is 66.2 Å². The van der Waals surface area contributed by atoms with Crippen molar-refractivity contribution in [2.75, 3.05) is 24.6 Å². The summed E-state index contributed by atoms with van der Waals surface area (Å²) in [7, 11) is 0. The number of nitrogens with zero attached hydrogens (tertiary/aromatic N) is 1. The Morgan fingerprint density at radius 2 is 1.82 bits per heavy atom. The fourth-order valence-electron chi connectivity index (χ4n) is 3.73. The van der Waals surface area contributed by atoms with Crippen LogP contribution in [0.4, 0.5) is 5.69 Å². The molecule has 0 aliphatic carbocycles. The molecule has 0 aromatic heterocycles. The van der Waals surface area contributed by atoms with Gasteiger partial charge in [0.15, 0.2) is 11.5 Å². The fraction of sp³-hybridized carbons (Fsp3) is 0.182. The number of fused-ring (bicyclic) bond motifs is 1. The van der Waals surface area contributed by atoms with Gasteiger partial charge in [-0.3, -0.25) is 14.5 Å². The summed E-state index contributed by atoms with van der Waals surface area (Å²) >= 11 is 0. The zero-order valence-corrected chi connectivity index (χ0v) is 15.1. The zero-order chi connectivity index (χ0) is 19.1. The molecule has 0 saturated heterocycles. The molecule has 6 heteroatoms. The zero-order valence-electron chi connectivity index (χ0n) is 15.1. The number of hydrogen-bond acceptors (Lipinski definition) is 4. The van der Waals surface area contributed by atoms with E-state index in [9.17, 15) is 9.59 Å². The van der Waals surface area contributed by atoms with Gasteiger partial charge in [-0.05, 0) is 29.7 Å². The molecule has 0 fully saturated rings. The second kappa shape index (κ2) is 6.56. The van der Waals surface area contributed by atoms with Crippen molar-refractivity contribution in [1.29, 1.82) is 0 Å². The lowest BCUT2D eigenvalue weighted by Gasteiger charge is -2.26. The number of amides is 2. The summed E-state index contributed by atoms with van der Waals surface area (Å²) < 4.78 is 11.5. The third-order valence-electron chi connectivity index (χ3n) is 5.05. The Balaban J connectivity index is 1.25. The molecule has 1 N–H and O–H groups in total. The van der Waals surface area contributed by atoms with Gasteiger partial charge in [0.25, 0.3) is 5.91 Å². The van der Waals surface area contributed by atoms with Gasteiger partial charge >= 0.3 is 0 Å². The monoisotopic (exact) mass is 374 g/mol. The van der Waals surface area contributed by atoms with Crippen LogP contribution in [0.25, 0.3) is 10.8 Å². The first-order valence-corrected chi connectivity index (χ1v) is 9.19. The van der Waals surface area contributed by atoms with Gasteiger partial charge < -0.3 is 14.8 Å². The predicted octanol–water partition coefficient (Wildman–Crippen LogP) is 2.76. The van der Waals surface area contributed by atoms with Crippen LogP contribution in [0.2, 0.25) is 0 Å². The highest BCUT2D eigenvalue weighted by molar-refractivity contribution is 6.26. The van der Waals surface area contributed by atoms with Crippen molar-refractivity contribution < 1.29 is 19.1 Å². The lowest BCUT2D eigenvalue weighted by molar-refractivity contribution is -0.120. The second-order valence-electron chi connectivity index (χ2n) is 6.87. The fourth-order valence-corrected chi connectivity index (χ4v) is 3.73. The van der Waals surface area contributed by atoms with Crippen LogP contribution in [0.5, 0.6) is 11.5 Å². The van der Waals surface area contributed by atoms with Crippen LogP contribution in [-0.2, 0) is 4.79 Å². The third-order valence-corrected chi connectivity index (χ3v) is 5.05. The number of anilines is 1. The van der Waals surface area contributed by atoms with Crippen LogP contribution in [0.3, 0.4) is 0 Å². The Morgan fingerprint density at radius 3 is 2.68 bits per heavy atom. The van der Waals surface area contributed by atoms with Crippen LogP contribution >= 0.6 is 0 Å². The highest BCUT2D eigenvalue weighted by Crippen LogP contribution is 2.37. The molecule has 0 spiro atoms. The van der Waals surface area contributed by atoms with Crippen LogP contribution in [0, 0.1) is 0 Å². The van der Waals surface area contributed by atoms with Gasteiger partial charge in [-0.2, -0.15) is 0 Å². The Kier molecular flexibility index (Phi) is 3.90. The summed E-state index contributed by atoms with van der Waals surface area (Å²) in [6, 6.07) is 18.8. The van der Waals surface area contributed by atoms with Gasteiger partial charge in [0, 0.05) is 10.9 Å². The lowest BCUT2D eigenvalue weighted by Crippen LogP contribution is -2.45. The first-order chi connectivity index (χ1) is 13.7. The van der Waals surface area contributed by atoms with Crippen molar-refractivity contribution in [3.8, 4) is 11.5 Å². The summed E-state index contributed by atoms with van der Waals surface area (Å²) in [5.41, 5.74) is 1.42. The Bertz CT molecular complexity index is 1090. The molecular weight excluding hydrogens is 356 g/mol. The van der Waals surface area contributed by atoms with Crippen LogP contribution in [0.1, 0.15) is 10.4 Å². The highest BCUT2D eigenvalue weighted by Gasteiger charge is 2.31. The normalized spacial score (nSPS) is 17.1. The molecule has 0 bridgehead atoms. The largest absolute Gasteiger partial charge is 0.486 e. The number of hydrogen-bond donors (Lipinski definition) is 1. The van der Waals surface area contributed by atoms with E-state index in [2.05, 4.69) is 5.32 Å². The molecule has 1 atom stereocenters. The van der Waals surface area contributed by atoms with Gasteiger partial charge in [-0.15, -0.1) is 0 Å². The van der Waals surface area contributed by atoms with E-state index in [1.54, 1.807) is 6.07 Å². The number of para-hydroxylation sites is 2. The van der Waals surface area contributed by atoms with Gasteiger partial charge in [0.2, 0.25) is 5.91 Å². The first kappa shape index (κ1) is 16.6. The SMILES string of the molecule is O=C(CN1C(=O)c2cccc3cccc1c23)NC[C@@H]1COc2ccccc2O1. The maximum Gasteiger partial charge on any atom is 0.259 e. The number of carbonyl (C=O) groups is 2. The number of benzene rings is 3. The van der Waals surface area contributed by atoms with Gasteiger partial charge in [0.05, 0.1) is 12.2 Å². The molecule has 28 heavy (non-hydrogen) atoms. The van der Waals surface area contributed by atoms with E-state index in [0.717, 1.165) is 16.5 Å². The maximum absolute atomic E-state index is 12.8. The summed E-state index contributed by atoms with van der Waals surface area (Å²) in [6.45, 7) is 0.647. The van der Waals surface area contributed by atoms with Crippen LogP contribution in [0.15, 0.2) is 60.7 Å². The predicted molar refractivity (Wildman–Crippen MR) is 105 cm³/mol. The van der Waals surface area contributed by atoms with Crippen molar-refractivity contribution in [3.63, 3.8) is 0 Å². The molecule has 0 unspecified atom stereocenters. The smallest absolute Gasteiger partial charge is 0.259 e. The maximum atomic E-state index is 12.8. The summed E-state index contributed by atoms with van der Waals surface area (Å²) in [6.07, 6.45) is -0.270. The standard InChI is InChI=1S/C22H18N2O4/c25-20(23-11-15-13-27-18-9-1-2-10-19(18)28-15)12-24-17-8-4-6-14-5-3-7-16(21(14)17)22(24)26/h1-10,15H,11-13H2,(H,23,25)/t15-/m1/s1. The molecule has 2 aliphatic heterocycles. The minimum absolute atomic E-state index is 0.0310. The molecule has 3 aromatic rings. The average Bonchev–Trinajstić information content (AvgIpc) is 3.00. The molecule has 5 rings (SSSR count). The molecule has 0 radical (unpaired) electrons. The van der Waals surface area contributed by atoms with Crippen molar-refractivity contribution in [2.24, 2.45) is 0 Å². The topological polar surface area (TPSA) is 67.9 Å². The summed E-state index contributed by atoms with van der Waals surface area (Å²) in [5.74, 6) is 0.997. The van der Waals surface area contributed by atoms with Crippen LogP contribution in [-0.4, -0.2) is 37.6 Å². The van der Waals surface area contributed by atoms with E-state index >= 15 is 0 Å².